The second-order valence-corrected chi connectivity index (χ2v) is 4.87. The van der Waals surface area contributed by atoms with Gasteiger partial charge >= 0.3 is 0 Å². The highest BCUT2D eigenvalue weighted by atomic mass is 79.9. The number of benzene rings is 1. The molecule has 90 valence electrons. The lowest BCUT2D eigenvalue weighted by molar-refractivity contribution is -0.384. The molecule has 1 amide bonds. The van der Waals surface area contributed by atoms with Crippen molar-refractivity contribution in [1.29, 1.82) is 0 Å². The van der Waals surface area contributed by atoms with Crippen LogP contribution >= 0.6 is 15.9 Å². The van der Waals surface area contributed by atoms with Gasteiger partial charge in [0, 0.05) is 17.0 Å². The molecular weight excluding hydrogens is 288 g/mol. The van der Waals surface area contributed by atoms with Crippen LogP contribution in [0.25, 0.3) is 0 Å². The van der Waals surface area contributed by atoms with Gasteiger partial charge in [0.2, 0.25) is 5.91 Å². The Morgan fingerprint density at radius 1 is 1.53 bits per heavy atom. The first-order valence-electron chi connectivity index (χ1n) is 5.27. The van der Waals surface area contributed by atoms with Gasteiger partial charge in [-0.25, -0.2) is 0 Å². The zero-order valence-corrected chi connectivity index (χ0v) is 10.8. The fourth-order valence-electron chi connectivity index (χ4n) is 2.18. The monoisotopic (exact) mass is 298 g/mol. The molecule has 1 aliphatic carbocycles. The Morgan fingerprint density at radius 3 is 2.82 bits per heavy atom. The van der Waals surface area contributed by atoms with E-state index in [1.165, 1.54) is 6.92 Å². The molecule has 0 atom stereocenters. The first-order chi connectivity index (χ1) is 8.00. The normalized spacial score (nSPS) is 13.3. The van der Waals surface area contributed by atoms with Gasteiger partial charge in [0.05, 0.1) is 4.92 Å². The smallest absolute Gasteiger partial charge is 0.297 e. The highest BCUT2D eigenvalue weighted by molar-refractivity contribution is 9.10. The van der Waals surface area contributed by atoms with Crippen LogP contribution in [0.5, 0.6) is 0 Å². The summed E-state index contributed by atoms with van der Waals surface area (Å²) in [4.78, 5) is 21.8. The maximum Gasteiger partial charge on any atom is 0.297 e. The van der Waals surface area contributed by atoms with Crippen LogP contribution in [-0.4, -0.2) is 10.8 Å². The molecule has 0 radical (unpaired) electrons. The summed E-state index contributed by atoms with van der Waals surface area (Å²) in [6, 6.07) is 1.86. The van der Waals surface area contributed by atoms with Crippen LogP contribution in [0.4, 0.5) is 11.4 Å². The van der Waals surface area contributed by atoms with Crippen LogP contribution in [0, 0.1) is 10.1 Å². The minimum absolute atomic E-state index is 0.0297. The molecule has 0 aliphatic heterocycles. The third-order valence-electron chi connectivity index (χ3n) is 2.81. The van der Waals surface area contributed by atoms with Crippen LogP contribution in [0.15, 0.2) is 10.5 Å². The van der Waals surface area contributed by atoms with Gasteiger partial charge in [-0.2, -0.15) is 0 Å². The molecule has 0 aromatic heterocycles. The molecule has 1 aliphatic rings. The van der Waals surface area contributed by atoms with Gasteiger partial charge in [-0.3, -0.25) is 14.9 Å². The fourth-order valence-corrected chi connectivity index (χ4v) is 2.75. The van der Waals surface area contributed by atoms with Gasteiger partial charge in [0.15, 0.2) is 0 Å². The number of hydrogen-bond donors (Lipinski definition) is 1. The number of nitro benzene ring substituents is 1. The summed E-state index contributed by atoms with van der Waals surface area (Å²) in [6.07, 6.45) is 2.48. The number of carbonyl (C=O) groups is 1. The standard InChI is InChI=1S/C11H11BrN2O3/c1-6(15)13-10-9(12)5-7-3-2-4-8(7)11(10)14(16)17/h5H,2-4H2,1H3,(H,13,15). The highest BCUT2D eigenvalue weighted by Gasteiger charge is 2.28. The van der Waals surface area contributed by atoms with Gasteiger partial charge in [-0.1, -0.05) is 0 Å². The number of carbonyl (C=O) groups excluding carboxylic acids is 1. The fraction of sp³-hybridized carbons (Fsp3) is 0.364. The van der Waals surface area contributed by atoms with E-state index < -0.39 is 4.92 Å². The number of fused-ring (bicyclic) bond motifs is 1. The maximum atomic E-state index is 11.1. The minimum Gasteiger partial charge on any atom is -0.320 e. The predicted octanol–water partition coefficient (Wildman–Crippen LogP) is 2.80. The summed E-state index contributed by atoms with van der Waals surface area (Å²) in [6.45, 7) is 1.34. The molecule has 0 unspecified atom stereocenters. The largest absolute Gasteiger partial charge is 0.320 e. The average Bonchev–Trinajstić information content (AvgIpc) is 2.64. The van der Waals surface area contributed by atoms with E-state index in [0.717, 1.165) is 24.0 Å². The van der Waals surface area contributed by atoms with Crippen LogP contribution < -0.4 is 5.32 Å². The molecule has 2 rings (SSSR count). The van der Waals surface area contributed by atoms with E-state index in [4.69, 9.17) is 0 Å². The van der Waals surface area contributed by atoms with Crippen LogP contribution in [0.2, 0.25) is 0 Å². The number of amides is 1. The number of rotatable bonds is 2. The van der Waals surface area contributed by atoms with Gasteiger partial charge in [0.25, 0.3) is 5.69 Å². The van der Waals surface area contributed by atoms with E-state index in [-0.39, 0.29) is 17.3 Å². The summed E-state index contributed by atoms with van der Waals surface area (Å²) in [5.41, 5.74) is 2.05. The Morgan fingerprint density at radius 2 is 2.24 bits per heavy atom. The number of nitrogens with zero attached hydrogens (tertiary/aromatic N) is 1. The molecule has 6 heteroatoms. The quantitative estimate of drug-likeness (QED) is 0.674. The Kier molecular flexibility index (Phi) is 3.15. The molecule has 1 aromatic rings. The molecule has 0 spiro atoms. The zero-order chi connectivity index (χ0) is 12.6. The van der Waals surface area contributed by atoms with Crippen molar-refractivity contribution in [2.24, 2.45) is 0 Å². The predicted molar refractivity (Wildman–Crippen MR) is 67.1 cm³/mol. The summed E-state index contributed by atoms with van der Waals surface area (Å²) in [7, 11) is 0. The van der Waals surface area contributed by atoms with Crippen LogP contribution in [0.3, 0.4) is 0 Å². The molecule has 1 N–H and O–H groups in total. The van der Waals surface area contributed by atoms with Crippen molar-refractivity contribution in [3.05, 3.63) is 31.8 Å². The zero-order valence-electron chi connectivity index (χ0n) is 9.25. The van der Waals surface area contributed by atoms with Gasteiger partial charge in [0.1, 0.15) is 5.69 Å². The average molecular weight is 299 g/mol. The SMILES string of the molecule is CC(=O)Nc1c(Br)cc2c(c1[N+](=O)[O-])CCC2. The second-order valence-electron chi connectivity index (χ2n) is 4.01. The highest BCUT2D eigenvalue weighted by Crippen LogP contribution is 2.41. The summed E-state index contributed by atoms with van der Waals surface area (Å²) < 4.78 is 0.569. The minimum atomic E-state index is -0.416. The first kappa shape index (κ1) is 12.0. The number of nitrogens with one attached hydrogen (secondary N) is 1. The molecule has 17 heavy (non-hydrogen) atoms. The van der Waals surface area contributed by atoms with Crippen LogP contribution in [-0.2, 0) is 17.6 Å². The molecule has 0 heterocycles. The van der Waals surface area contributed by atoms with Crippen molar-refractivity contribution < 1.29 is 9.72 Å². The third-order valence-corrected chi connectivity index (χ3v) is 3.43. The Bertz CT molecular complexity index is 514. The summed E-state index contributed by atoms with van der Waals surface area (Å²) in [5.74, 6) is -0.313. The number of hydrogen-bond acceptors (Lipinski definition) is 3. The van der Waals surface area contributed by atoms with E-state index in [1.54, 1.807) is 0 Å². The number of aryl methyl sites for hydroxylation is 1. The van der Waals surface area contributed by atoms with Crippen molar-refractivity contribution in [3.63, 3.8) is 0 Å². The topological polar surface area (TPSA) is 72.2 Å². The van der Waals surface area contributed by atoms with E-state index >= 15 is 0 Å². The van der Waals surface area contributed by atoms with Gasteiger partial charge in [-0.05, 0) is 46.8 Å². The van der Waals surface area contributed by atoms with E-state index in [2.05, 4.69) is 21.2 Å². The molecule has 5 nitrogen and oxygen atoms in total. The van der Waals surface area contributed by atoms with Crippen molar-refractivity contribution in [1.82, 2.24) is 0 Å². The number of halogens is 1. The maximum absolute atomic E-state index is 11.1. The lowest BCUT2D eigenvalue weighted by Gasteiger charge is -2.10. The van der Waals surface area contributed by atoms with Gasteiger partial charge < -0.3 is 5.32 Å². The Hall–Kier alpha value is -1.43. The van der Waals surface area contributed by atoms with Crippen molar-refractivity contribution in [2.45, 2.75) is 26.2 Å². The summed E-state index contributed by atoms with van der Waals surface area (Å²) >= 11 is 3.28. The van der Waals surface area contributed by atoms with Crippen molar-refractivity contribution in [2.75, 3.05) is 5.32 Å². The number of nitro groups is 1. The molecule has 1 aromatic carbocycles. The van der Waals surface area contributed by atoms with Gasteiger partial charge in [-0.15, -0.1) is 0 Å². The molecule has 0 fully saturated rings. The molecule has 0 bridgehead atoms. The van der Waals surface area contributed by atoms with Crippen LogP contribution in [0.1, 0.15) is 24.5 Å². The van der Waals surface area contributed by atoms with Crippen molar-refractivity contribution in [3.8, 4) is 0 Å². The van der Waals surface area contributed by atoms with Crippen molar-refractivity contribution >= 4 is 33.2 Å². The first-order valence-corrected chi connectivity index (χ1v) is 6.06. The lowest BCUT2D eigenvalue weighted by Crippen LogP contribution is -2.10. The summed E-state index contributed by atoms with van der Waals surface area (Å²) in [5, 5.41) is 13.7. The second kappa shape index (κ2) is 4.44. The molecular formula is C11H11BrN2O3. The van der Waals surface area contributed by atoms with E-state index in [1.807, 2.05) is 6.07 Å². The lowest BCUT2D eigenvalue weighted by atomic mass is 10.1. The Balaban J connectivity index is 2.64. The third kappa shape index (κ3) is 2.17. The Labute approximate surface area is 106 Å². The molecule has 0 saturated carbocycles. The molecule has 0 saturated heterocycles. The van der Waals surface area contributed by atoms with E-state index in [9.17, 15) is 14.9 Å². The number of anilines is 1. The van der Waals surface area contributed by atoms with E-state index in [0.29, 0.717) is 10.9 Å².